The van der Waals surface area contributed by atoms with E-state index in [1.165, 1.54) is 0 Å². The summed E-state index contributed by atoms with van der Waals surface area (Å²) in [6, 6.07) is 31.2. The van der Waals surface area contributed by atoms with Gasteiger partial charge in [0.25, 0.3) is 5.91 Å². The lowest BCUT2D eigenvalue weighted by molar-refractivity contribution is 0.0974. The number of anilines is 7. The molecule has 0 spiro atoms. The second-order valence-corrected chi connectivity index (χ2v) is 14.1. The highest BCUT2D eigenvalue weighted by Crippen LogP contribution is 2.23. The number of nitrogens with zero attached hydrogens (tertiary/aromatic N) is 5. The minimum atomic E-state index is -0.364. The largest absolute Gasteiger partial charge is 0.324 e. The fourth-order valence-corrected chi connectivity index (χ4v) is 6.51. The van der Waals surface area contributed by atoms with Gasteiger partial charge in [-0.3, -0.25) is 14.4 Å². The number of amides is 1. The van der Waals surface area contributed by atoms with Crippen LogP contribution in [-0.4, -0.2) is 81.5 Å². The highest BCUT2D eigenvalue weighted by molar-refractivity contribution is 6.07. The maximum atomic E-state index is 13.6. The summed E-state index contributed by atoms with van der Waals surface area (Å²) in [7, 11) is 0. The number of carbonyl (C=O) groups excluding carboxylic acids is 3. The molecule has 0 aliphatic rings. The third kappa shape index (κ3) is 13.6. The molecule has 5 rings (SSSR count). The maximum Gasteiger partial charge on any atom is 0.255 e. The van der Waals surface area contributed by atoms with Gasteiger partial charge in [-0.2, -0.15) is 15.0 Å². The molecule has 0 unspecified atom stereocenters. The number of para-hydroxylation sites is 2. The Morgan fingerprint density at radius 2 is 0.862 bits per heavy atom. The summed E-state index contributed by atoms with van der Waals surface area (Å²) in [4.78, 5) is 58.9. The van der Waals surface area contributed by atoms with Crippen LogP contribution in [0.5, 0.6) is 0 Å². The van der Waals surface area contributed by atoms with E-state index in [9.17, 15) is 14.4 Å². The molecule has 12 nitrogen and oxygen atoms in total. The molecule has 1 amide bonds. The van der Waals surface area contributed by atoms with E-state index in [-0.39, 0.29) is 17.5 Å². The van der Waals surface area contributed by atoms with Gasteiger partial charge in [0.05, 0.1) is 0 Å². The van der Waals surface area contributed by atoms with Crippen molar-refractivity contribution in [2.75, 3.05) is 60.5 Å². The molecule has 0 aliphatic heterocycles. The van der Waals surface area contributed by atoms with Crippen molar-refractivity contribution in [3.8, 4) is 0 Å². The van der Waals surface area contributed by atoms with Crippen LogP contribution in [0.25, 0.3) is 0 Å². The second-order valence-electron chi connectivity index (χ2n) is 14.1. The molecule has 304 valence electrons. The van der Waals surface area contributed by atoms with Crippen molar-refractivity contribution in [2.45, 2.75) is 66.2 Å². The molecule has 1 aromatic heterocycles. The summed E-state index contributed by atoms with van der Waals surface area (Å²) >= 11 is 0. The van der Waals surface area contributed by atoms with Gasteiger partial charge >= 0.3 is 0 Å². The summed E-state index contributed by atoms with van der Waals surface area (Å²) in [5.41, 5.74) is 3.98. The molecule has 4 aromatic carbocycles. The van der Waals surface area contributed by atoms with Crippen molar-refractivity contribution in [3.05, 3.63) is 120 Å². The van der Waals surface area contributed by atoms with Gasteiger partial charge in [-0.25, -0.2) is 0 Å². The fourth-order valence-electron chi connectivity index (χ4n) is 6.51. The van der Waals surface area contributed by atoms with E-state index in [4.69, 9.17) is 0 Å². The highest BCUT2D eigenvalue weighted by atomic mass is 16.2. The standard InChI is InChI=1S/C46H57N9O3/c1-5-54(6-2)29-17-15-23-41(56)35-31-36(42(57)24-16-18-30-55(7-3)8-4)33-40(32-35)47-43(58)34-25-27-39(28-26-34)50-46-52-44(48-37-19-11-9-12-20-37)51-45(53-46)49-38-21-13-10-14-22-38/h9-14,19-22,25-28,31-33H,5-8,15-18,23-24,29-30H2,1-4H3,(H,47,58)(H3,48,49,50,51,52,53). The average molecular weight is 784 g/mol. The van der Waals surface area contributed by atoms with Crippen molar-refractivity contribution in [1.29, 1.82) is 0 Å². The number of rotatable bonds is 24. The number of ketones is 2. The Bertz CT molecular complexity index is 1940. The monoisotopic (exact) mass is 783 g/mol. The first-order chi connectivity index (χ1) is 28.3. The lowest BCUT2D eigenvalue weighted by Gasteiger charge is -2.17. The Hall–Kier alpha value is -5.98. The number of carbonyl (C=O) groups is 3. The van der Waals surface area contributed by atoms with E-state index in [2.05, 4.69) is 73.7 Å². The quantitative estimate of drug-likeness (QED) is 0.0351. The second kappa shape index (κ2) is 22.7. The lowest BCUT2D eigenvalue weighted by Crippen LogP contribution is -2.24. The number of hydrogen-bond donors (Lipinski definition) is 4. The van der Waals surface area contributed by atoms with Crippen molar-refractivity contribution in [2.24, 2.45) is 0 Å². The first-order valence-corrected chi connectivity index (χ1v) is 20.5. The van der Waals surface area contributed by atoms with E-state index in [1.54, 1.807) is 42.5 Å². The number of aromatic nitrogens is 3. The molecule has 1 heterocycles. The SMILES string of the molecule is CCN(CC)CCCCC(=O)c1cc(NC(=O)c2ccc(Nc3nc(Nc4ccccc4)nc(Nc4ccccc4)n3)cc2)cc(C(=O)CCCCN(CC)CC)c1. The minimum Gasteiger partial charge on any atom is -0.324 e. The van der Waals surface area contributed by atoms with Crippen LogP contribution in [0.4, 0.5) is 40.6 Å². The predicted octanol–water partition coefficient (Wildman–Crippen LogP) is 9.74. The molecule has 0 aliphatic carbocycles. The van der Waals surface area contributed by atoms with Gasteiger partial charge in [0, 0.05) is 52.3 Å². The van der Waals surface area contributed by atoms with E-state index in [0.29, 0.717) is 58.8 Å². The number of benzene rings is 4. The third-order valence-corrected chi connectivity index (χ3v) is 9.98. The first-order valence-electron chi connectivity index (χ1n) is 20.5. The molecule has 0 atom stereocenters. The van der Waals surface area contributed by atoms with Crippen molar-refractivity contribution in [1.82, 2.24) is 24.8 Å². The molecule has 0 radical (unpaired) electrons. The normalized spacial score (nSPS) is 11.1. The van der Waals surface area contributed by atoms with Crippen LogP contribution >= 0.6 is 0 Å². The van der Waals surface area contributed by atoms with E-state index in [0.717, 1.165) is 76.3 Å². The minimum absolute atomic E-state index is 0.0377. The summed E-state index contributed by atoms with van der Waals surface area (Å²) in [6.07, 6.45) is 4.08. The number of hydrogen-bond acceptors (Lipinski definition) is 11. The Balaban J connectivity index is 1.29. The van der Waals surface area contributed by atoms with Crippen LogP contribution in [0.2, 0.25) is 0 Å². The number of nitrogens with one attached hydrogen (secondary N) is 4. The molecule has 0 bridgehead atoms. The van der Waals surface area contributed by atoms with Gasteiger partial charge in [0.15, 0.2) is 11.6 Å². The Morgan fingerprint density at radius 1 is 0.466 bits per heavy atom. The van der Waals surface area contributed by atoms with Crippen LogP contribution in [0, 0.1) is 0 Å². The fraction of sp³-hybridized carbons (Fsp3) is 0.348. The molecule has 4 N–H and O–H groups in total. The van der Waals surface area contributed by atoms with Crippen molar-refractivity contribution < 1.29 is 14.4 Å². The summed E-state index contributed by atoms with van der Waals surface area (Å²) in [5, 5.41) is 12.6. The van der Waals surface area contributed by atoms with Crippen LogP contribution < -0.4 is 21.3 Å². The van der Waals surface area contributed by atoms with Gasteiger partial charge in [-0.15, -0.1) is 0 Å². The topological polar surface area (TPSA) is 144 Å². The first kappa shape index (κ1) is 43.1. The molecule has 0 fully saturated rings. The Labute approximate surface area is 342 Å². The molecular weight excluding hydrogens is 727 g/mol. The zero-order valence-corrected chi connectivity index (χ0v) is 34.3. The van der Waals surface area contributed by atoms with Gasteiger partial charge < -0.3 is 31.1 Å². The number of Topliss-reactive ketones (excluding diaryl/α,β-unsaturated/α-hetero) is 2. The van der Waals surface area contributed by atoms with Crippen molar-refractivity contribution in [3.63, 3.8) is 0 Å². The molecule has 12 heteroatoms. The third-order valence-electron chi connectivity index (χ3n) is 9.98. The zero-order chi connectivity index (χ0) is 41.1. The van der Waals surface area contributed by atoms with Gasteiger partial charge in [0.2, 0.25) is 17.8 Å². The van der Waals surface area contributed by atoms with Crippen LogP contribution in [-0.2, 0) is 0 Å². The lowest BCUT2D eigenvalue weighted by atomic mass is 9.98. The predicted molar refractivity (Wildman–Crippen MR) is 235 cm³/mol. The highest BCUT2D eigenvalue weighted by Gasteiger charge is 2.16. The van der Waals surface area contributed by atoms with Gasteiger partial charge in [0.1, 0.15) is 0 Å². The van der Waals surface area contributed by atoms with Crippen LogP contribution in [0.3, 0.4) is 0 Å². The average Bonchev–Trinajstić information content (AvgIpc) is 3.24. The van der Waals surface area contributed by atoms with E-state index < -0.39 is 0 Å². The van der Waals surface area contributed by atoms with Crippen LogP contribution in [0.15, 0.2) is 103 Å². The molecule has 5 aromatic rings. The zero-order valence-electron chi connectivity index (χ0n) is 34.3. The van der Waals surface area contributed by atoms with Gasteiger partial charge in [-0.1, -0.05) is 64.1 Å². The summed E-state index contributed by atoms with van der Waals surface area (Å²) in [6.45, 7) is 14.4. The summed E-state index contributed by atoms with van der Waals surface area (Å²) in [5.74, 6) is 0.543. The van der Waals surface area contributed by atoms with E-state index >= 15 is 0 Å². The smallest absolute Gasteiger partial charge is 0.255 e. The molecule has 58 heavy (non-hydrogen) atoms. The van der Waals surface area contributed by atoms with Crippen molar-refractivity contribution >= 4 is 58.1 Å². The van der Waals surface area contributed by atoms with Crippen LogP contribution in [0.1, 0.15) is 97.3 Å². The number of unbranched alkanes of at least 4 members (excludes halogenated alkanes) is 2. The molecular formula is C46H57N9O3. The van der Waals surface area contributed by atoms with E-state index in [1.807, 2.05) is 60.7 Å². The summed E-state index contributed by atoms with van der Waals surface area (Å²) < 4.78 is 0. The Kier molecular flexibility index (Phi) is 16.9. The maximum absolute atomic E-state index is 13.6. The Morgan fingerprint density at radius 3 is 1.26 bits per heavy atom. The molecule has 0 saturated heterocycles. The van der Waals surface area contributed by atoms with Gasteiger partial charge in [-0.05, 0) is 132 Å². The molecule has 0 saturated carbocycles.